The van der Waals surface area contributed by atoms with E-state index in [1.165, 1.54) is 25.3 Å². The van der Waals surface area contributed by atoms with Crippen LogP contribution in [-0.2, 0) is 33.2 Å². The summed E-state index contributed by atoms with van der Waals surface area (Å²) < 4.78 is 47.0. The summed E-state index contributed by atoms with van der Waals surface area (Å²) in [5.74, 6) is 0.910. The minimum atomic E-state index is -1.55. The number of hydrogen-bond donors (Lipinski definition) is 2. The zero-order valence-corrected chi connectivity index (χ0v) is 19.9. The van der Waals surface area contributed by atoms with Crippen LogP contribution in [0.4, 0.5) is 20.1 Å². The summed E-state index contributed by atoms with van der Waals surface area (Å²) in [6.45, 7) is 5.86. The molecular weight excluding hydrogens is 498 g/mol. The maximum Gasteiger partial charge on any atom is 0.509 e. The molecule has 1 aromatic rings. The molecular formula is C23H27NO13. The number of methoxy groups -OCH3 is 1. The summed E-state index contributed by atoms with van der Waals surface area (Å²) in [6, 6.07) is 4.63. The van der Waals surface area contributed by atoms with Crippen LogP contribution < -0.4 is 14.8 Å². The van der Waals surface area contributed by atoms with Gasteiger partial charge in [-0.05, 0) is 12.1 Å². The number of fused-ring (bicyclic) bond motifs is 1. The average Bonchev–Trinajstić information content (AvgIpc) is 3.36. The van der Waals surface area contributed by atoms with Crippen LogP contribution >= 0.6 is 0 Å². The van der Waals surface area contributed by atoms with Gasteiger partial charge in [-0.2, -0.15) is 0 Å². The first kappa shape index (κ1) is 27.6. The number of ether oxygens (including phenoxy) is 9. The van der Waals surface area contributed by atoms with Gasteiger partial charge in [-0.25, -0.2) is 14.4 Å². The van der Waals surface area contributed by atoms with Crippen molar-refractivity contribution in [3.63, 3.8) is 0 Å². The van der Waals surface area contributed by atoms with Crippen LogP contribution in [0.1, 0.15) is 0 Å². The molecule has 1 saturated heterocycles. The highest BCUT2D eigenvalue weighted by molar-refractivity contribution is 5.85. The minimum absolute atomic E-state index is 0.0408. The molecule has 2 aliphatic rings. The van der Waals surface area contributed by atoms with Gasteiger partial charge in [0, 0.05) is 18.9 Å². The molecule has 0 bridgehead atoms. The van der Waals surface area contributed by atoms with Gasteiger partial charge in [0.25, 0.3) is 0 Å². The summed E-state index contributed by atoms with van der Waals surface area (Å²) in [5.41, 5.74) is 0.296. The molecule has 5 atom stereocenters. The van der Waals surface area contributed by atoms with Crippen molar-refractivity contribution in [1.29, 1.82) is 0 Å². The Morgan fingerprint density at radius 1 is 1.00 bits per heavy atom. The predicted molar refractivity (Wildman–Crippen MR) is 122 cm³/mol. The molecule has 1 amide bonds. The van der Waals surface area contributed by atoms with Gasteiger partial charge in [0.05, 0.1) is 6.61 Å². The van der Waals surface area contributed by atoms with Crippen molar-refractivity contribution in [2.75, 3.05) is 39.0 Å². The normalized spacial score (nSPS) is 23.8. The van der Waals surface area contributed by atoms with Crippen molar-refractivity contribution in [2.24, 2.45) is 0 Å². The number of aliphatic hydroxyl groups is 1. The molecule has 2 heterocycles. The molecule has 202 valence electrons. The first-order chi connectivity index (χ1) is 17.9. The lowest BCUT2D eigenvalue weighted by atomic mass is 9.98. The van der Waals surface area contributed by atoms with Crippen LogP contribution in [-0.4, -0.2) is 87.9 Å². The Kier molecular flexibility index (Phi) is 9.94. The summed E-state index contributed by atoms with van der Waals surface area (Å²) >= 11 is 0. The first-order valence-electron chi connectivity index (χ1n) is 10.9. The van der Waals surface area contributed by atoms with E-state index in [0.717, 1.165) is 0 Å². The lowest BCUT2D eigenvalue weighted by Gasteiger charge is -2.43. The van der Waals surface area contributed by atoms with E-state index >= 15 is 0 Å². The largest absolute Gasteiger partial charge is 0.509 e. The predicted octanol–water partition coefficient (Wildman–Crippen LogP) is 2.11. The summed E-state index contributed by atoms with van der Waals surface area (Å²) in [4.78, 5) is 37.2. The third-order valence-corrected chi connectivity index (χ3v) is 4.97. The highest BCUT2D eigenvalue weighted by atomic mass is 16.8. The molecule has 0 aromatic heterocycles. The Morgan fingerprint density at radius 3 is 2.27 bits per heavy atom. The lowest BCUT2D eigenvalue weighted by Crippen LogP contribution is -2.63. The highest BCUT2D eigenvalue weighted by Crippen LogP contribution is 2.34. The molecule has 14 heteroatoms. The van der Waals surface area contributed by atoms with Gasteiger partial charge in [-0.3, -0.25) is 5.32 Å². The van der Waals surface area contributed by atoms with Crippen molar-refractivity contribution in [1.82, 2.24) is 0 Å². The van der Waals surface area contributed by atoms with Crippen LogP contribution in [0.15, 0.2) is 43.5 Å². The number of rotatable bonds is 10. The van der Waals surface area contributed by atoms with E-state index in [9.17, 15) is 19.5 Å². The fraction of sp³-hybridized carbons (Fsp3) is 0.435. The maximum atomic E-state index is 12.8. The van der Waals surface area contributed by atoms with Crippen molar-refractivity contribution in [2.45, 2.75) is 30.7 Å². The Labute approximate surface area is 211 Å². The molecule has 2 N–H and O–H groups in total. The van der Waals surface area contributed by atoms with E-state index in [-0.39, 0.29) is 20.0 Å². The fourth-order valence-corrected chi connectivity index (χ4v) is 3.41. The molecule has 1 fully saturated rings. The average molecular weight is 525 g/mol. The van der Waals surface area contributed by atoms with E-state index in [1.54, 1.807) is 12.1 Å². The van der Waals surface area contributed by atoms with Gasteiger partial charge in [0.2, 0.25) is 6.79 Å². The second-order valence-corrected chi connectivity index (χ2v) is 7.39. The SMILES string of the molecule is C=CCOC(=O)O[C@@H]1[C@@H](OC(=O)OCC=C)[C@@H](OC)O[C@H](CO)[C@H]1OC(=O)Nc1ccc2c(c1)OCO2. The highest BCUT2D eigenvalue weighted by Gasteiger charge is 2.53. The number of carbonyl (C=O) groups is 3. The van der Waals surface area contributed by atoms with Gasteiger partial charge in [0.1, 0.15) is 19.3 Å². The third-order valence-electron chi connectivity index (χ3n) is 4.97. The second-order valence-electron chi connectivity index (χ2n) is 7.39. The van der Waals surface area contributed by atoms with Crippen molar-refractivity contribution in [3.05, 3.63) is 43.5 Å². The van der Waals surface area contributed by atoms with Gasteiger partial charge in [-0.15, -0.1) is 0 Å². The standard InChI is InChI=1S/C23H27NO13/c1-4-8-30-22(27)36-18-17(35-21(26)24-13-6-7-14-15(10-13)33-12-32-14)16(11-25)34-20(29-3)19(18)37-23(28)31-9-5-2/h4-7,10,16-20,25H,1-2,8-9,11-12H2,3H3,(H,24,26)/t16-,17-,18+,19-,20+/m1/s1. The molecule has 3 rings (SSSR count). The van der Waals surface area contributed by atoms with E-state index in [1.807, 2.05) is 0 Å². The molecule has 0 aliphatic carbocycles. The van der Waals surface area contributed by atoms with Crippen LogP contribution in [0.2, 0.25) is 0 Å². The van der Waals surface area contributed by atoms with E-state index in [2.05, 4.69) is 18.5 Å². The monoisotopic (exact) mass is 525 g/mol. The van der Waals surface area contributed by atoms with Crippen LogP contribution in [0.25, 0.3) is 0 Å². The molecule has 2 aliphatic heterocycles. The Morgan fingerprint density at radius 2 is 1.65 bits per heavy atom. The van der Waals surface area contributed by atoms with Crippen molar-refractivity contribution in [3.8, 4) is 11.5 Å². The number of anilines is 1. The lowest BCUT2D eigenvalue weighted by molar-refractivity contribution is -0.295. The van der Waals surface area contributed by atoms with Gasteiger partial charge in [0.15, 0.2) is 36.1 Å². The summed E-state index contributed by atoms with van der Waals surface area (Å²) in [6.07, 6.45) is -7.91. The topological polar surface area (TPSA) is 167 Å². The Hall–Kier alpha value is -4.01. The molecule has 14 nitrogen and oxygen atoms in total. The van der Waals surface area contributed by atoms with E-state index < -0.39 is 55.7 Å². The zero-order chi connectivity index (χ0) is 26.8. The van der Waals surface area contributed by atoms with Crippen LogP contribution in [0, 0.1) is 0 Å². The Bertz CT molecular complexity index is 983. The Balaban J connectivity index is 1.82. The van der Waals surface area contributed by atoms with Crippen LogP contribution in [0.5, 0.6) is 11.5 Å². The van der Waals surface area contributed by atoms with E-state index in [4.69, 9.17) is 42.6 Å². The van der Waals surface area contributed by atoms with Crippen molar-refractivity contribution >= 4 is 24.1 Å². The second kappa shape index (κ2) is 13.3. The maximum absolute atomic E-state index is 12.8. The number of hydrogen-bond acceptors (Lipinski definition) is 13. The number of carbonyl (C=O) groups excluding carboxylic acids is 3. The molecule has 0 spiro atoms. The number of nitrogens with one attached hydrogen (secondary N) is 1. The number of benzene rings is 1. The molecule has 0 radical (unpaired) electrons. The molecule has 37 heavy (non-hydrogen) atoms. The summed E-state index contributed by atoms with van der Waals surface area (Å²) in [5, 5.41) is 12.4. The molecule has 0 saturated carbocycles. The fourth-order valence-electron chi connectivity index (χ4n) is 3.41. The van der Waals surface area contributed by atoms with Gasteiger partial charge in [-0.1, -0.05) is 25.3 Å². The smallest absolute Gasteiger partial charge is 0.454 e. The first-order valence-corrected chi connectivity index (χ1v) is 10.9. The third kappa shape index (κ3) is 7.25. The quantitative estimate of drug-likeness (QED) is 0.259. The molecule has 1 aromatic carbocycles. The van der Waals surface area contributed by atoms with Crippen LogP contribution in [0.3, 0.4) is 0 Å². The number of amides is 1. The number of aliphatic hydroxyl groups excluding tert-OH is 1. The van der Waals surface area contributed by atoms with Gasteiger partial charge < -0.3 is 47.7 Å². The minimum Gasteiger partial charge on any atom is -0.454 e. The van der Waals surface area contributed by atoms with Gasteiger partial charge >= 0.3 is 18.4 Å². The van der Waals surface area contributed by atoms with Crippen molar-refractivity contribution < 1.29 is 62.1 Å². The summed E-state index contributed by atoms with van der Waals surface area (Å²) in [7, 11) is 1.23. The van der Waals surface area contributed by atoms with E-state index in [0.29, 0.717) is 17.2 Å². The zero-order valence-electron chi connectivity index (χ0n) is 19.9. The molecule has 0 unspecified atom stereocenters.